The van der Waals surface area contributed by atoms with E-state index in [1.165, 1.54) is 5.56 Å². The number of rotatable bonds is 9. The first kappa shape index (κ1) is 17.8. The van der Waals surface area contributed by atoms with E-state index in [9.17, 15) is 5.11 Å². The molecule has 0 spiro atoms. The van der Waals surface area contributed by atoms with E-state index in [-0.39, 0.29) is 12.6 Å². The Morgan fingerprint density at radius 3 is 2.29 bits per heavy atom. The van der Waals surface area contributed by atoms with Crippen LogP contribution >= 0.6 is 0 Å². The lowest BCUT2D eigenvalue weighted by Gasteiger charge is -2.28. The van der Waals surface area contributed by atoms with Crippen LogP contribution in [0.3, 0.4) is 0 Å². The van der Waals surface area contributed by atoms with Gasteiger partial charge in [-0.25, -0.2) is 0 Å². The summed E-state index contributed by atoms with van der Waals surface area (Å²) in [6.45, 7) is 6.71. The van der Waals surface area contributed by atoms with Crippen LogP contribution < -0.4 is 14.8 Å². The first-order valence-corrected chi connectivity index (χ1v) is 7.66. The SMILES string of the molecule is CCC(NC(CCO)C(C)C)c1ccc(OC)c(OC)c1. The molecule has 0 radical (unpaired) electrons. The number of benzene rings is 1. The van der Waals surface area contributed by atoms with Gasteiger partial charge in [-0.1, -0.05) is 26.8 Å². The monoisotopic (exact) mass is 295 g/mol. The fourth-order valence-corrected chi connectivity index (χ4v) is 2.53. The number of aliphatic hydroxyl groups is 1. The maximum atomic E-state index is 9.22. The van der Waals surface area contributed by atoms with Crippen molar-refractivity contribution in [3.05, 3.63) is 23.8 Å². The zero-order valence-electron chi connectivity index (χ0n) is 13.8. The minimum Gasteiger partial charge on any atom is -0.493 e. The second kappa shape index (κ2) is 8.90. The topological polar surface area (TPSA) is 50.7 Å². The Morgan fingerprint density at radius 1 is 1.14 bits per heavy atom. The molecule has 0 aliphatic heterocycles. The molecule has 0 heterocycles. The van der Waals surface area contributed by atoms with Crippen LogP contribution in [-0.4, -0.2) is 32.0 Å². The largest absolute Gasteiger partial charge is 0.493 e. The van der Waals surface area contributed by atoms with Crippen molar-refractivity contribution < 1.29 is 14.6 Å². The second-order valence-electron chi connectivity index (χ2n) is 5.60. The Balaban J connectivity index is 2.93. The van der Waals surface area contributed by atoms with E-state index in [1.54, 1.807) is 14.2 Å². The minimum atomic E-state index is 0.207. The molecule has 2 N–H and O–H groups in total. The fraction of sp³-hybridized carbons (Fsp3) is 0.647. The predicted octanol–water partition coefficient (Wildman–Crippen LogP) is 3.15. The molecule has 2 atom stereocenters. The van der Waals surface area contributed by atoms with Crippen LogP contribution in [0, 0.1) is 5.92 Å². The summed E-state index contributed by atoms with van der Waals surface area (Å²) in [5, 5.41) is 12.9. The summed E-state index contributed by atoms with van der Waals surface area (Å²) in [5.74, 6) is 1.97. The summed E-state index contributed by atoms with van der Waals surface area (Å²) in [4.78, 5) is 0. The number of hydrogen-bond acceptors (Lipinski definition) is 4. The first-order chi connectivity index (χ1) is 10.1. The molecule has 1 aromatic carbocycles. The van der Waals surface area contributed by atoms with Crippen LogP contribution in [0.25, 0.3) is 0 Å². The van der Waals surface area contributed by atoms with Crippen molar-refractivity contribution >= 4 is 0 Å². The van der Waals surface area contributed by atoms with Gasteiger partial charge in [-0.05, 0) is 36.5 Å². The molecule has 1 rings (SSSR count). The molecular formula is C17H29NO3. The number of methoxy groups -OCH3 is 2. The number of aliphatic hydroxyl groups excluding tert-OH is 1. The molecule has 0 saturated carbocycles. The lowest BCUT2D eigenvalue weighted by atomic mass is 9.97. The molecule has 0 aliphatic rings. The summed E-state index contributed by atoms with van der Waals surface area (Å²) in [7, 11) is 3.29. The van der Waals surface area contributed by atoms with Crippen LogP contribution in [0.15, 0.2) is 18.2 Å². The average Bonchev–Trinajstić information content (AvgIpc) is 2.50. The van der Waals surface area contributed by atoms with Crippen LogP contribution in [0.5, 0.6) is 11.5 Å². The number of hydrogen-bond donors (Lipinski definition) is 2. The van der Waals surface area contributed by atoms with Gasteiger partial charge in [0.05, 0.1) is 14.2 Å². The third-order valence-corrected chi connectivity index (χ3v) is 3.88. The highest BCUT2D eigenvalue weighted by Gasteiger charge is 2.19. The quantitative estimate of drug-likeness (QED) is 0.735. The summed E-state index contributed by atoms with van der Waals surface area (Å²) in [6, 6.07) is 6.57. The van der Waals surface area contributed by atoms with Crippen molar-refractivity contribution in [1.82, 2.24) is 5.32 Å². The third-order valence-electron chi connectivity index (χ3n) is 3.88. The van der Waals surface area contributed by atoms with Crippen molar-refractivity contribution in [2.45, 2.75) is 45.7 Å². The molecule has 2 unspecified atom stereocenters. The van der Waals surface area contributed by atoms with Gasteiger partial charge in [0.25, 0.3) is 0 Å². The molecule has 0 fully saturated rings. The molecule has 0 aromatic heterocycles. The Labute approximate surface area is 128 Å². The van der Waals surface area contributed by atoms with Gasteiger partial charge < -0.3 is 19.9 Å². The molecule has 4 nitrogen and oxygen atoms in total. The van der Waals surface area contributed by atoms with Gasteiger partial charge in [0.1, 0.15) is 0 Å². The van der Waals surface area contributed by atoms with Gasteiger partial charge in [0.2, 0.25) is 0 Å². The van der Waals surface area contributed by atoms with Crippen LogP contribution in [0.1, 0.15) is 45.2 Å². The molecule has 0 saturated heterocycles. The van der Waals surface area contributed by atoms with E-state index in [4.69, 9.17) is 9.47 Å². The summed E-state index contributed by atoms with van der Waals surface area (Å²) in [6.07, 6.45) is 1.74. The Kier molecular flexibility index (Phi) is 7.54. The predicted molar refractivity (Wildman–Crippen MR) is 86.0 cm³/mol. The maximum absolute atomic E-state index is 9.22. The zero-order valence-corrected chi connectivity index (χ0v) is 13.8. The highest BCUT2D eigenvalue weighted by Crippen LogP contribution is 2.31. The molecule has 0 bridgehead atoms. The normalized spacial score (nSPS) is 14.0. The minimum absolute atomic E-state index is 0.207. The third kappa shape index (κ3) is 4.90. The van der Waals surface area contributed by atoms with Crippen LogP contribution in [-0.2, 0) is 0 Å². The van der Waals surface area contributed by atoms with Crippen molar-refractivity contribution in [3.63, 3.8) is 0 Å². The fourth-order valence-electron chi connectivity index (χ4n) is 2.53. The van der Waals surface area contributed by atoms with Crippen LogP contribution in [0.2, 0.25) is 0 Å². The van der Waals surface area contributed by atoms with E-state index in [2.05, 4.69) is 32.2 Å². The van der Waals surface area contributed by atoms with Crippen molar-refractivity contribution in [2.75, 3.05) is 20.8 Å². The van der Waals surface area contributed by atoms with Crippen molar-refractivity contribution in [1.29, 1.82) is 0 Å². The molecule has 120 valence electrons. The summed E-state index contributed by atoms with van der Waals surface area (Å²) < 4.78 is 10.7. The lowest BCUT2D eigenvalue weighted by molar-refractivity contribution is 0.233. The van der Waals surface area contributed by atoms with Crippen LogP contribution in [0.4, 0.5) is 0 Å². The Bertz CT molecular complexity index is 420. The average molecular weight is 295 g/mol. The molecule has 0 aliphatic carbocycles. The summed E-state index contributed by atoms with van der Waals surface area (Å²) >= 11 is 0. The van der Waals surface area contributed by atoms with Gasteiger partial charge >= 0.3 is 0 Å². The van der Waals surface area contributed by atoms with E-state index in [0.29, 0.717) is 12.0 Å². The van der Waals surface area contributed by atoms with Crippen molar-refractivity contribution in [2.24, 2.45) is 5.92 Å². The van der Waals surface area contributed by atoms with E-state index >= 15 is 0 Å². The van der Waals surface area contributed by atoms with E-state index in [0.717, 1.165) is 24.3 Å². The van der Waals surface area contributed by atoms with Crippen molar-refractivity contribution in [3.8, 4) is 11.5 Å². The van der Waals surface area contributed by atoms with Gasteiger partial charge in [0, 0.05) is 18.7 Å². The zero-order chi connectivity index (χ0) is 15.8. The molecule has 1 aromatic rings. The lowest BCUT2D eigenvalue weighted by Crippen LogP contribution is -2.37. The van der Waals surface area contributed by atoms with E-state index < -0.39 is 0 Å². The smallest absolute Gasteiger partial charge is 0.161 e. The highest BCUT2D eigenvalue weighted by atomic mass is 16.5. The van der Waals surface area contributed by atoms with Gasteiger partial charge in [-0.15, -0.1) is 0 Å². The Morgan fingerprint density at radius 2 is 1.81 bits per heavy atom. The molecular weight excluding hydrogens is 266 g/mol. The van der Waals surface area contributed by atoms with E-state index in [1.807, 2.05) is 12.1 Å². The molecule has 0 amide bonds. The first-order valence-electron chi connectivity index (χ1n) is 7.66. The maximum Gasteiger partial charge on any atom is 0.161 e. The standard InChI is InChI=1S/C17H29NO3/c1-6-14(18-15(9-10-19)12(2)3)13-7-8-16(20-4)17(11-13)21-5/h7-8,11-12,14-15,18-19H,6,9-10H2,1-5H3. The van der Waals surface area contributed by atoms with Gasteiger partial charge in [-0.2, -0.15) is 0 Å². The van der Waals surface area contributed by atoms with Gasteiger partial charge in [0.15, 0.2) is 11.5 Å². The summed E-state index contributed by atoms with van der Waals surface area (Å²) in [5.41, 5.74) is 1.18. The highest BCUT2D eigenvalue weighted by molar-refractivity contribution is 5.43. The second-order valence-corrected chi connectivity index (χ2v) is 5.60. The number of nitrogens with one attached hydrogen (secondary N) is 1. The number of ether oxygens (including phenoxy) is 2. The Hall–Kier alpha value is -1.26. The van der Waals surface area contributed by atoms with Gasteiger partial charge in [-0.3, -0.25) is 0 Å². The molecule has 21 heavy (non-hydrogen) atoms. The molecule has 4 heteroatoms.